The highest BCUT2D eigenvalue weighted by molar-refractivity contribution is 5.84. The van der Waals surface area contributed by atoms with Gasteiger partial charge in [0.1, 0.15) is 23.6 Å². The Morgan fingerprint density at radius 1 is 0.975 bits per heavy atom. The minimum Gasteiger partial charge on any atom is -0.438 e. The second kappa shape index (κ2) is 12.1. The van der Waals surface area contributed by atoms with Crippen LogP contribution in [0.3, 0.4) is 0 Å². The van der Waals surface area contributed by atoms with Crippen molar-refractivity contribution in [2.45, 2.75) is 50.6 Å². The zero-order chi connectivity index (χ0) is 28.1. The Morgan fingerprint density at radius 2 is 1.77 bits per heavy atom. The molecule has 1 atom stereocenters. The fourth-order valence-corrected chi connectivity index (χ4v) is 5.08. The van der Waals surface area contributed by atoms with E-state index in [1.165, 1.54) is 37.0 Å². The molecule has 208 valence electrons. The van der Waals surface area contributed by atoms with Gasteiger partial charge in [0.2, 0.25) is 5.88 Å². The van der Waals surface area contributed by atoms with Crippen molar-refractivity contribution in [2.75, 3.05) is 20.1 Å². The summed E-state index contributed by atoms with van der Waals surface area (Å²) in [4.78, 5) is 27.1. The molecular formula is C31H31F3N4O2. The van der Waals surface area contributed by atoms with Crippen molar-refractivity contribution in [3.05, 3.63) is 89.5 Å². The summed E-state index contributed by atoms with van der Waals surface area (Å²) in [5.41, 5.74) is 2.64. The maximum atomic E-state index is 12.7. The number of aromatic nitrogens is 3. The monoisotopic (exact) mass is 548 g/mol. The molecule has 2 aromatic carbocycles. The average Bonchev–Trinajstić information content (AvgIpc) is 3.17. The Balaban J connectivity index is 1.18. The number of likely N-dealkylation sites (tertiary alicyclic amines) is 1. The predicted octanol–water partition coefficient (Wildman–Crippen LogP) is 6.78. The molecule has 40 heavy (non-hydrogen) atoms. The number of hydrogen-bond acceptors (Lipinski definition) is 6. The number of alkyl halides is 3. The third-order valence-corrected chi connectivity index (χ3v) is 7.39. The van der Waals surface area contributed by atoms with Crippen LogP contribution in [0.4, 0.5) is 13.2 Å². The topological polar surface area (TPSA) is 68.2 Å². The van der Waals surface area contributed by atoms with Gasteiger partial charge in [-0.05, 0) is 98.8 Å². The van der Waals surface area contributed by atoms with Gasteiger partial charge in [-0.15, -0.1) is 0 Å². The first-order chi connectivity index (χ1) is 19.2. The van der Waals surface area contributed by atoms with Gasteiger partial charge in [0.25, 0.3) is 0 Å². The molecule has 9 heteroatoms. The second-order valence-electron chi connectivity index (χ2n) is 10.4. The van der Waals surface area contributed by atoms with Crippen molar-refractivity contribution in [1.29, 1.82) is 0 Å². The number of ether oxygens (including phenoxy) is 1. The van der Waals surface area contributed by atoms with E-state index in [0.29, 0.717) is 29.5 Å². The first-order valence-corrected chi connectivity index (χ1v) is 13.5. The minimum absolute atomic E-state index is 0.00789. The van der Waals surface area contributed by atoms with Crippen LogP contribution in [-0.4, -0.2) is 45.8 Å². The number of benzene rings is 2. The van der Waals surface area contributed by atoms with Crippen LogP contribution in [0.1, 0.15) is 54.0 Å². The SMILES string of the molecule is CN1CCCC(c2ccc3c(Oc4ccc(CC(=O)CCc5ccc(C(F)(F)F)nc5)cc4)ncnc3c2)CC1. The van der Waals surface area contributed by atoms with Crippen LogP contribution in [0.5, 0.6) is 11.6 Å². The number of halogens is 3. The molecule has 0 radical (unpaired) electrons. The van der Waals surface area contributed by atoms with E-state index in [4.69, 9.17) is 4.74 Å². The molecule has 6 nitrogen and oxygen atoms in total. The summed E-state index contributed by atoms with van der Waals surface area (Å²) in [6, 6.07) is 15.9. The third-order valence-electron chi connectivity index (χ3n) is 7.39. The lowest BCUT2D eigenvalue weighted by atomic mass is 9.91. The molecule has 0 bridgehead atoms. The highest BCUT2D eigenvalue weighted by atomic mass is 19.4. The molecule has 1 unspecified atom stereocenters. The normalized spacial score (nSPS) is 16.6. The van der Waals surface area contributed by atoms with Gasteiger partial charge in [-0.3, -0.25) is 9.78 Å². The summed E-state index contributed by atoms with van der Waals surface area (Å²) in [7, 11) is 2.18. The molecule has 0 amide bonds. The van der Waals surface area contributed by atoms with Crippen molar-refractivity contribution < 1.29 is 22.7 Å². The maximum absolute atomic E-state index is 12.7. The molecule has 3 heterocycles. The van der Waals surface area contributed by atoms with Crippen LogP contribution in [0, 0.1) is 0 Å². The molecule has 1 saturated heterocycles. The van der Waals surface area contributed by atoms with Crippen LogP contribution >= 0.6 is 0 Å². The van der Waals surface area contributed by atoms with E-state index in [1.807, 2.05) is 18.2 Å². The summed E-state index contributed by atoms with van der Waals surface area (Å²) in [6.07, 6.45) is 2.50. The summed E-state index contributed by atoms with van der Waals surface area (Å²) < 4.78 is 44.1. The lowest BCUT2D eigenvalue weighted by Crippen LogP contribution is -2.18. The molecule has 0 aliphatic carbocycles. The fourth-order valence-electron chi connectivity index (χ4n) is 5.08. The summed E-state index contributed by atoms with van der Waals surface area (Å²) >= 11 is 0. The van der Waals surface area contributed by atoms with Crippen molar-refractivity contribution in [2.24, 2.45) is 0 Å². The number of rotatable bonds is 8. The van der Waals surface area contributed by atoms with E-state index in [0.717, 1.165) is 42.0 Å². The molecular weight excluding hydrogens is 517 g/mol. The molecule has 1 aliphatic rings. The number of aryl methyl sites for hydroxylation is 1. The van der Waals surface area contributed by atoms with Crippen LogP contribution in [-0.2, 0) is 23.8 Å². The minimum atomic E-state index is -4.47. The Labute approximate surface area is 231 Å². The van der Waals surface area contributed by atoms with Gasteiger partial charge in [0.15, 0.2) is 0 Å². The lowest BCUT2D eigenvalue weighted by molar-refractivity contribution is -0.141. The predicted molar refractivity (Wildman–Crippen MR) is 146 cm³/mol. The number of ketones is 1. The Bertz CT molecular complexity index is 1460. The third kappa shape index (κ3) is 7.01. The van der Waals surface area contributed by atoms with Crippen LogP contribution in [0.2, 0.25) is 0 Å². The first-order valence-electron chi connectivity index (χ1n) is 13.5. The van der Waals surface area contributed by atoms with E-state index < -0.39 is 11.9 Å². The second-order valence-corrected chi connectivity index (χ2v) is 10.4. The van der Waals surface area contributed by atoms with Crippen molar-refractivity contribution in [1.82, 2.24) is 19.9 Å². The zero-order valence-electron chi connectivity index (χ0n) is 22.3. The van der Waals surface area contributed by atoms with Crippen molar-refractivity contribution in [3.8, 4) is 11.6 Å². The average molecular weight is 549 g/mol. The van der Waals surface area contributed by atoms with Crippen molar-refractivity contribution in [3.63, 3.8) is 0 Å². The van der Waals surface area contributed by atoms with E-state index in [2.05, 4.69) is 39.0 Å². The highest BCUT2D eigenvalue weighted by Gasteiger charge is 2.32. The number of nitrogens with zero attached hydrogens (tertiary/aromatic N) is 4. The van der Waals surface area contributed by atoms with E-state index in [1.54, 1.807) is 12.1 Å². The maximum Gasteiger partial charge on any atom is 0.433 e. The van der Waals surface area contributed by atoms with Gasteiger partial charge < -0.3 is 9.64 Å². The summed E-state index contributed by atoms with van der Waals surface area (Å²) in [6.45, 7) is 2.23. The van der Waals surface area contributed by atoms with E-state index in [9.17, 15) is 18.0 Å². The summed E-state index contributed by atoms with van der Waals surface area (Å²) in [5.74, 6) is 1.59. The lowest BCUT2D eigenvalue weighted by Gasteiger charge is -2.16. The first kappa shape index (κ1) is 27.7. The molecule has 2 aromatic heterocycles. The van der Waals surface area contributed by atoms with Crippen LogP contribution in [0.15, 0.2) is 67.1 Å². The molecule has 5 rings (SSSR count). The number of Topliss-reactive ketones (excluding diaryl/α,β-unsaturated/α-hetero) is 1. The molecule has 0 N–H and O–H groups in total. The van der Waals surface area contributed by atoms with Crippen molar-refractivity contribution >= 4 is 16.7 Å². The summed E-state index contributed by atoms with van der Waals surface area (Å²) in [5, 5.41) is 0.842. The van der Waals surface area contributed by atoms with E-state index in [-0.39, 0.29) is 18.6 Å². The smallest absolute Gasteiger partial charge is 0.433 e. The molecule has 4 aromatic rings. The van der Waals surface area contributed by atoms with E-state index >= 15 is 0 Å². The van der Waals surface area contributed by atoms with Gasteiger partial charge in [-0.2, -0.15) is 13.2 Å². The van der Waals surface area contributed by atoms with Crippen LogP contribution in [0.25, 0.3) is 10.9 Å². The molecule has 1 aliphatic heterocycles. The van der Waals surface area contributed by atoms with Gasteiger partial charge in [0, 0.05) is 19.0 Å². The number of carbonyl (C=O) groups is 1. The largest absolute Gasteiger partial charge is 0.438 e. The van der Waals surface area contributed by atoms with Gasteiger partial charge in [0.05, 0.1) is 10.9 Å². The number of carbonyl (C=O) groups excluding carboxylic acids is 1. The Morgan fingerprint density at radius 3 is 2.52 bits per heavy atom. The molecule has 1 fully saturated rings. The quantitative estimate of drug-likeness (QED) is 0.242. The Hall–Kier alpha value is -3.85. The zero-order valence-corrected chi connectivity index (χ0v) is 22.3. The highest BCUT2D eigenvalue weighted by Crippen LogP contribution is 2.33. The molecule has 0 spiro atoms. The molecule has 0 saturated carbocycles. The van der Waals surface area contributed by atoms with Crippen LogP contribution < -0.4 is 4.74 Å². The van der Waals surface area contributed by atoms with Gasteiger partial charge >= 0.3 is 6.18 Å². The van der Waals surface area contributed by atoms with Gasteiger partial charge in [-0.25, -0.2) is 9.97 Å². The number of fused-ring (bicyclic) bond motifs is 1. The number of hydrogen-bond donors (Lipinski definition) is 0. The number of pyridine rings is 1. The van der Waals surface area contributed by atoms with Gasteiger partial charge in [-0.1, -0.05) is 24.3 Å². The standard InChI is InChI=1S/C31H31F3N4O2/c1-38-15-2-3-23(14-16-38)24-8-12-27-28(18-24)36-20-37-30(27)40-26-10-5-21(6-11-26)17-25(39)9-4-22-7-13-29(35-19-22)31(32,33)34/h5-8,10-13,18-20,23H,2-4,9,14-17H2,1H3. The Kier molecular flexibility index (Phi) is 8.40. The fraction of sp³-hybridized carbons (Fsp3) is 0.355.